The number of oxime groups is 1. The number of amidine groups is 1. The summed E-state index contributed by atoms with van der Waals surface area (Å²) in [5, 5.41) is 11.5. The Bertz CT molecular complexity index is 282. The maximum absolute atomic E-state index is 8.46. The Labute approximate surface area is 110 Å². The minimum absolute atomic E-state index is 0.354. The van der Waals surface area contributed by atoms with Crippen LogP contribution in [0.15, 0.2) is 5.16 Å². The molecule has 2 fully saturated rings. The van der Waals surface area contributed by atoms with Crippen molar-refractivity contribution in [1.82, 2.24) is 9.80 Å². The zero-order valence-electron chi connectivity index (χ0n) is 11.2. The first-order chi connectivity index (χ1) is 8.79. The van der Waals surface area contributed by atoms with Crippen molar-refractivity contribution in [2.45, 2.75) is 44.6 Å². The van der Waals surface area contributed by atoms with Gasteiger partial charge in [0.2, 0.25) is 0 Å². The number of piperazine rings is 1. The molecule has 0 aliphatic carbocycles. The van der Waals surface area contributed by atoms with E-state index in [0.717, 1.165) is 25.4 Å². The van der Waals surface area contributed by atoms with Gasteiger partial charge < -0.3 is 15.8 Å². The summed E-state index contributed by atoms with van der Waals surface area (Å²) in [5.74, 6) is 0.354. The summed E-state index contributed by atoms with van der Waals surface area (Å²) >= 11 is 0. The van der Waals surface area contributed by atoms with Crippen LogP contribution in [0.3, 0.4) is 0 Å². The third-order valence-electron chi connectivity index (χ3n) is 4.21. The van der Waals surface area contributed by atoms with Crippen LogP contribution in [0, 0.1) is 0 Å². The first-order valence-corrected chi connectivity index (χ1v) is 7.22. The molecule has 2 heterocycles. The molecule has 2 aliphatic rings. The van der Waals surface area contributed by atoms with Gasteiger partial charge in [-0.3, -0.25) is 4.90 Å². The van der Waals surface area contributed by atoms with E-state index in [4.69, 9.17) is 10.9 Å². The van der Waals surface area contributed by atoms with Gasteiger partial charge in [0.1, 0.15) is 5.84 Å². The van der Waals surface area contributed by atoms with Crippen LogP contribution < -0.4 is 5.73 Å². The molecule has 0 spiro atoms. The quantitative estimate of drug-likeness (QED) is 0.253. The first-order valence-electron chi connectivity index (χ1n) is 7.22. The molecular formula is C13H26N4O. The van der Waals surface area contributed by atoms with Gasteiger partial charge in [-0.1, -0.05) is 11.6 Å². The van der Waals surface area contributed by atoms with Gasteiger partial charge in [0, 0.05) is 32.1 Å². The Morgan fingerprint density at radius 2 is 2.11 bits per heavy atom. The number of rotatable bonds is 5. The van der Waals surface area contributed by atoms with Gasteiger partial charge in [-0.15, -0.1) is 0 Å². The molecule has 0 bridgehead atoms. The molecule has 2 aliphatic heterocycles. The highest BCUT2D eigenvalue weighted by molar-refractivity contribution is 5.79. The van der Waals surface area contributed by atoms with Crippen molar-refractivity contribution in [1.29, 1.82) is 0 Å². The zero-order chi connectivity index (χ0) is 12.8. The zero-order valence-corrected chi connectivity index (χ0v) is 11.2. The van der Waals surface area contributed by atoms with Crippen LogP contribution in [0.4, 0.5) is 0 Å². The average molecular weight is 254 g/mol. The van der Waals surface area contributed by atoms with E-state index in [2.05, 4.69) is 15.0 Å². The highest BCUT2D eigenvalue weighted by Gasteiger charge is 2.28. The predicted molar refractivity (Wildman–Crippen MR) is 72.9 cm³/mol. The van der Waals surface area contributed by atoms with Crippen LogP contribution in [0.2, 0.25) is 0 Å². The lowest BCUT2D eigenvalue weighted by atomic mass is 9.99. The topological polar surface area (TPSA) is 65.1 Å². The summed E-state index contributed by atoms with van der Waals surface area (Å²) in [4.78, 5) is 5.25. The fourth-order valence-corrected chi connectivity index (χ4v) is 3.11. The number of hydrogen-bond acceptors (Lipinski definition) is 4. The molecule has 2 rings (SSSR count). The number of hydrogen-bond donors (Lipinski definition) is 2. The Morgan fingerprint density at radius 1 is 1.22 bits per heavy atom. The van der Waals surface area contributed by atoms with Crippen LogP contribution in [-0.2, 0) is 0 Å². The largest absolute Gasteiger partial charge is 0.409 e. The van der Waals surface area contributed by atoms with Crippen molar-refractivity contribution in [2.24, 2.45) is 10.9 Å². The van der Waals surface area contributed by atoms with Gasteiger partial charge in [0.05, 0.1) is 0 Å². The molecule has 0 aromatic rings. The standard InChI is InChI=1S/C13H26N4O/c14-13(15-18)6-2-3-7-16-9-10-17-8-4-1-5-12(17)11-16/h12,18H,1-11H2,(H2,14,15). The molecule has 3 N–H and O–H groups in total. The molecule has 0 saturated carbocycles. The number of unbranched alkanes of at least 4 members (excludes halogenated alkanes) is 1. The molecule has 5 nitrogen and oxygen atoms in total. The van der Waals surface area contributed by atoms with E-state index in [1.807, 2.05) is 0 Å². The van der Waals surface area contributed by atoms with Gasteiger partial charge in [-0.25, -0.2) is 0 Å². The van der Waals surface area contributed by atoms with Gasteiger partial charge in [-0.2, -0.15) is 0 Å². The van der Waals surface area contributed by atoms with Crippen molar-refractivity contribution in [2.75, 3.05) is 32.7 Å². The number of piperidine rings is 1. The second kappa shape index (κ2) is 6.95. The van der Waals surface area contributed by atoms with Crippen molar-refractivity contribution in [3.05, 3.63) is 0 Å². The molecule has 2 saturated heterocycles. The minimum Gasteiger partial charge on any atom is -0.409 e. The van der Waals surface area contributed by atoms with Crippen molar-refractivity contribution in [3.63, 3.8) is 0 Å². The van der Waals surface area contributed by atoms with Crippen LogP contribution in [0.5, 0.6) is 0 Å². The van der Waals surface area contributed by atoms with E-state index in [1.54, 1.807) is 0 Å². The summed E-state index contributed by atoms with van der Waals surface area (Å²) in [6, 6.07) is 0.802. The van der Waals surface area contributed by atoms with Gasteiger partial charge in [-0.05, 0) is 38.8 Å². The van der Waals surface area contributed by atoms with Gasteiger partial charge >= 0.3 is 0 Å². The summed E-state index contributed by atoms with van der Waals surface area (Å²) in [7, 11) is 0. The Morgan fingerprint density at radius 3 is 2.94 bits per heavy atom. The Balaban J connectivity index is 1.62. The lowest BCUT2D eigenvalue weighted by Crippen LogP contribution is -2.54. The average Bonchev–Trinajstić information content (AvgIpc) is 2.43. The van der Waals surface area contributed by atoms with E-state index in [9.17, 15) is 0 Å². The molecule has 0 aromatic carbocycles. The lowest BCUT2D eigenvalue weighted by molar-refractivity contribution is 0.0488. The maximum atomic E-state index is 8.46. The van der Waals surface area contributed by atoms with E-state index in [1.165, 1.54) is 45.4 Å². The predicted octanol–water partition coefficient (Wildman–Crippen LogP) is 1.07. The number of fused-ring (bicyclic) bond motifs is 1. The second-order valence-corrected chi connectivity index (χ2v) is 5.53. The van der Waals surface area contributed by atoms with Crippen molar-refractivity contribution >= 4 is 5.84 Å². The molecular weight excluding hydrogens is 228 g/mol. The fourth-order valence-electron chi connectivity index (χ4n) is 3.11. The van der Waals surface area contributed by atoms with Crippen LogP contribution in [0.25, 0.3) is 0 Å². The summed E-state index contributed by atoms with van der Waals surface area (Å²) in [5.41, 5.74) is 5.46. The van der Waals surface area contributed by atoms with Crippen LogP contribution in [0.1, 0.15) is 38.5 Å². The second-order valence-electron chi connectivity index (χ2n) is 5.53. The number of nitrogens with zero attached hydrogens (tertiary/aromatic N) is 3. The fraction of sp³-hybridized carbons (Fsp3) is 0.923. The van der Waals surface area contributed by atoms with E-state index >= 15 is 0 Å². The molecule has 0 radical (unpaired) electrons. The van der Waals surface area contributed by atoms with E-state index < -0.39 is 0 Å². The van der Waals surface area contributed by atoms with E-state index in [0.29, 0.717) is 12.3 Å². The molecule has 18 heavy (non-hydrogen) atoms. The summed E-state index contributed by atoms with van der Waals surface area (Å²) in [6.45, 7) is 6.15. The van der Waals surface area contributed by atoms with Crippen molar-refractivity contribution in [3.8, 4) is 0 Å². The normalized spacial score (nSPS) is 27.1. The molecule has 1 unspecified atom stereocenters. The molecule has 0 amide bonds. The van der Waals surface area contributed by atoms with Crippen LogP contribution >= 0.6 is 0 Å². The number of nitrogens with two attached hydrogens (primary N) is 1. The Hall–Kier alpha value is -0.810. The smallest absolute Gasteiger partial charge is 0.139 e. The highest BCUT2D eigenvalue weighted by atomic mass is 16.4. The SMILES string of the molecule is NC(CCCCN1CCN2CCCCC2C1)=NO. The third kappa shape index (κ3) is 3.85. The van der Waals surface area contributed by atoms with Crippen molar-refractivity contribution < 1.29 is 5.21 Å². The third-order valence-corrected chi connectivity index (χ3v) is 4.21. The van der Waals surface area contributed by atoms with E-state index in [-0.39, 0.29) is 0 Å². The monoisotopic (exact) mass is 254 g/mol. The van der Waals surface area contributed by atoms with Crippen LogP contribution in [-0.4, -0.2) is 59.6 Å². The van der Waals surface area contributed by atoms with Gasteiger partial charge in [0.25, 0.3) is 0 Å². The molecule has 104 valence electrons. The summed E-state index contributed by atoms with van der Waals surface area (Å²) < 4.78 is 0. The Kier molecular flexibility index (Phi) is 5.26. The molecule has 1 atom stereocenters. The maximum Gasteiger partial charge on any atom is 0.139 e. The van der Waals surface area contributed by atoms with Gasteiger partial charge in [0.15, 0.2) is 0 Å². The highest BCUT2D eigenvalue weighted by Crippen LogP contribution is 2.21. The minimum atomic E-state index is 0.354. The summed E-state index contributed by atoms with van der Waals surface area (Å²) in [6.07, 6.45) is 7.03. The lowest BCUT2D eigenvalue weighted by Gasteiger charge is -2.44. The molecule has 5 heteroatoms. The first kappa shape index (κ1) is 13.6. The molecule has 0 aromatic heterocycles.